The summed E-state index contributed by atoms with van der Waals surface area (Å²) < 4.78 is 19.5. The molecule has 0 aromatic rings. The van der Waals surface area contributed by atoms with Gasteiger partial charge in [0.15, 0.2) is 0 Å². The Morgan fingerprint density at radius 2 is 2.15 bits per heavy atom. The quantitative estimate of drug-likeness (QED) is 0.542. The van der Waals surface area contributed by atoms with Crippen molar-refractivity contribution in [1.29, 1.82) is 0 Å². The van der Waals surface area contributed by atoms with Gasteiger partial charge in [0, 0.05) is 6.61 Å². The van der Waals surface area contributed by atoms with Crippen LogP contribution in [-0.4, -0.2) is 45.8 Å². The van der Waals surface area contributed by atoms with Gasteiger partial charge in [-0.2, -0.15) is 0 Å². The Morgan fingerprint density at radius 1 is 1.38 bits per heavy atom. The molecular formula is C8H14O5. The summed E-state index contributed by atoms with van der Waals surface area (Å²) in [5.74, 6) is 0. The van der Waals surface area contributed by atoms with Crippen LogP contribution in [0.4, 0.5) is 0 Å². The van der Waals surface area contributed by atoms with Crippen LogP contribution in [0.3, 0.4) is 0 Å². The standard InChI is InChI=1S/C6H10O3.C2H4O2/c1-2-8-6-3-7-4-9-5(1)6;1-4-2-3/h5-6H,1-4H2;2H,1H3. The van der Waals surface area contributed by atoms with E-state index in [1.165, 1.54) is 7.11 Å². The SMILES string of the molecule is C1CC2OCOCC2O1.COC=O. The molecule has 2 fully saturated rings. The number of methoxy groups -OCH3 is 1. The highest BCUT2D eigenvalue weighted by molar-refractivity contribution is 5.36. The largest absolute Gasteiger partial charge is 0.471 e. The summed E-state index contributed by atoms with van der Waals surface area (Å²) in [5, 5.41) is 0. The van der Waals surface area contributed by atoms with Gasteiger partial charge in [-0.3, -0.25) is 4.79 Å². The second-order valence-electron chi connectivity index (χ2n) is 2.72. The van der Waals surface area contributed by atoms with E-state index >= 15 is 0 Å². The summed E-state index contributed by atoms with van der Waals surface area (Å²) >= 11 is 0. The Labute approximate surface area is 76.9 Å². The monoisotopic (exact) mass is 190 g/mol. The minimum atomic E-state index is 0.221. The minimum Gasteiger partial charge on any atom is -0.471 e. The van der Waals surface area contributed by atoms with Crippen LogP contribution in [0.2, 0.25) is 0 Å². The van der Waals surface area contributed by atoms with Gasteiger partial charge in [0.25, 0.3) is 6.47 Å². The summed E-state index contributed by atoms with van der Waals surface area (Å²) in [4.78, 5) is 8.95. The van der Waals surface area contributed by atoms with E-state index in [9.17, 15) is 0 Å². The fourth-order valence-electron chi connectivity index (χ4n) is 1.27. The van der Waals surface area contributed by atoms with Crippen LogP contribution in [0.1, 0.15) is 6.42 Å². The third-order valence-corrected chi connectivity index (χ3v) is 1.89. The minimum absolute atomic E-state index is 0.221. The molecular weight excluding hydrogens is 176 g/mol. The molecule has 2 rings (SSSR count). The maximum atomic E-state index is 8.95. The number of hydrogen-bond donors (Lipinski definition) is 0. The highest BCUT2D eigenvalue weighted by Gasteiger charge is 2.31. The predicted octanol–water partition coefficient (Wildman–Crippen LogP) is -0.0626. The van der Waals surface area contributed by atoms with Crippen LogP contribution in [0.25, 0.3) is 0 Å². The number of hydrogen-bond acceptors (Lipinski definition) is 5. The molecule has 0 saturated carbocycles. The molecule has 0 aliphatic carbocycles. The topological polar surface area (TPSA) is 54.0 Å². The van der Waals surface area contributed by atoms with Crippen LogP contribution in [0.15, 0.2) is 0 Å². The number of ether oxygens (including phenoxy) is 4. The maximum absolute atomic E-state index is 8.95. The maximum Gasteiger partial charge on any atom is 0.292 e. The molecule has 2 unspecified atom stereocenters. The third-order valence-electron chi connectivity index (χ3n) is 1.89. The van der Waals surface area contributed by atoms with E-state index in [-0.39, 0.29) is 6.10 Å². The van der Waals surface area contributed by atoms with Crippen LogP contribution < -0.4 is 0 Å². The molecule has 5 nitrogen and oxygen atoms in total. The number of carbonyl (C=O) groups excluding carboxylic acids is 1. The van der Waals surface area contributed by atoms with Crippen molar-refractivity contribution < 1.29 is 23.7 Å². The van der Waals surface area contributed by atoms with Crippen molar-refractivity contribution in [2.45, 2.75) is 18.6 Å². The predicted molar refractivity (Wildman–Crippen MR) is 43.1 cm³/mol. The summed E-state index contributed by atoms with van der Waals surface area (Å²) in [6.07, 6.45) is 1.58. The molecule has 0 spiro atoms. The van der Waals surface area contributed by atoms with Gasteiger partial charge in [0.1, 0.15) is 12.9 Å². The first-order chi connectivity index (χ1) is 6.38. The molecule has 5 heteroatoms. The molecule has 2 aliphatic heterocycles. The summed E-state index contributed by atoms with van der Waals surface area (Å²) in [5.41, 5.74) is 0. The Kier molecular flexibility index (Phi) is 4.74. The zero-order valence-electron chi connectivity index (χ0n) is 7.60. The summed E-state index contributed by atoms with van der Waals surface area (Å²) in [6, 6.07) is 0. The van der Waals surface area contributed by atoms with Crippen molar-refractivity contribution in [3.05, 3.63) is 0 Å². The lowest BCUT2D eigenvalue weighted by atomic mass is 10.2. The van der Waals surface area contributed by atoms with E-state index in [0.717, 1.165) is 13.0 Å². The number of fused-ring (bicyclic) bond motifs is 1. The fraction of sp³-hybridized carbons (Fsp3) is 0.875. The van der Waals surface area contributed by atoms with E-state index < -0.39 is 0 Å². The van der Waals surface area contributed by atoms with Gasteiger partial charge in [-0.1, -0.05) is 0 Å². The van der Waals surface area contributed by atoms with E-state index in [0.29, 0.717) is 26.0 Å². The zero-order chi connectivity index (χ0) is 9.52. The Hall–Kier alpha value is -0.650. The summed E-state index contributed by atoms with van der Waals surface area (Å²) in [7, 11) is 1.31. The van der Waals surface area contributed by atoms with Gasteiger partial charge >= 0.3 is 0 Å². The molecule has 76 valence electrons. The molecule has 2 saturated heterocycles. The van der Waals surface area contributed by atoms with Crippen LogP contribution >= 0.6 is 0 Å². The van der Waals surface area contributed by atoms with Crippen LogP contribution in [0.5, 0.6) is 0 Å². The number of carbonyl (C=O) groups is 1. The molecule has 0 N–H and O–H groups in total. The van der Waals surface area contributed by atoms with E-state index in [1.807, 2.05) is 0 Å². The molecule has 2 aliphatic rings. The van der Waals surface area contributed by atoms with Crippen molar-refractivity contribution in [1.82, 2.24) is 0 Å². The molecule has 2 atom stereocenters. The van der Waals surface area contributed by atoms with E-state index in [2.05, 4.69) is 4.74 Å². The Balaban J connectivity index is 0.000000184. The molecule has 0 aromatic carbocycles. The van der Waals surface area contributed by atoms with Crippen molar-refractivity contribution in [3.63, 3.8) is 0 Å². The van der Waals surface area contributed by atoms with Crippen molar-refractivity contribution in [2.75, 3.05) is 27.1 Å². The molecule has 0 radical (unpaired) electrons. The molecule has 13 heavy (non-hydrogen) atoms. The summed E-state index contributed by atoms with van der Waals surface area (Å²) in [6.45, 7) is 2.37. The van der Waals surface area contributed by atoms with Gasteiger partial charge in [0.05, 0.1) is 19.8 Å². The smallest absolute Gasteiger partial charge is 0.292 e. The zero-order valence-corrected chi connectivity index (χ0v) is 7.60. The van der Waals surface area contributed by atoms with Crippen molar-refractivity contribution >= 4 is 6.47 Å². The Bertz CT molecular complexity index is 137. The highest BCUT2D eigenvalue weighted by Crippen LogP contribution is 2.20. The van der Waals surface area contributed by atoms with Gasteiger partial charge in [-0.25, -0.2) is 0 Å². The lowest BCUT2D eigenvalue weighted by molar-refractivity contribution is -0.176. The highest BCUT2D eigenvalue weighted by atomic mass is 16.7. The van der Waals surface area contributed by atoms with Gasteiger partial charge < -0.3 is 18.9 Å². The first kappa shape index (κ1) is 10.4. The first-order valence-corrected chi connectivity index (χ1v) is 4.16. The van der Waals surface area contributed by atoms with Crippen molar-refractivity contribution in [3.8, 4) is 0 Å². The fourth-order valence-corrected chi connectivity index (χ4v) is 1.27. The van der Waals surface area contributed by atoms with Gasteiger partial charge in [-0.05, 0) is 6.42 Å². The number of rotatable bonds is 1. The van der Waals surface area contributed by atoms with E-state index in [4.69, 9.17) is 19.0 Å². The normalized spacial score (nSPS) is 31.2. The molecule has 0 amide bonds. The van der Waals surface area contributed by atoms with E-state index in [1.54, 1.807) is 0 Å². The lowest BCUT2D eigenvalue weighted by Gasteiger charge is -2.23. The average Bonchev–Trinajstić information content (AvgIpc) is 2.66. The lowest BCUT2D eigenvalue weighted by Crippen LogP contribution is -2.35. The average molecular weight is 190 g/mol. The Morgan fingerprint density at radius 3 is 2.77 bits per heavy atom. The third kappa shape index (κ3) is 3.30. The molecule has 2 heterocycles. The molecule has 0 aromatic heterocycles. The van der Waals surface area contributed by atoms with Crippen LogP contribution in [0, 0.1) is 0 Å². The second kappa shape index (κ2) is 5.90. The van der Waals surface area contributed by atoms with Crippen molar-refractivity contribution in [2.24, 2.45) is 0 Å². The first-order valence-electron chi connectivity index (χ1n) is 4.16. The second-order valence-corrected chi connectivity index (χ2v) is 2.72. The van der Waals surface area contributed by atoms with Crippen LogP contribution in [-0.2, 0) is 23.7 Å². The van der Waals surface area contributed by atoms with Gasteiger partial charge in [0.2, 0.25) is 0 Å². The van der Waals surface area contributed by atoms with Gasteiger partial charge in [-0.15, -0.1) is 0 Å². The molecule has 0 bridgehead atoms.